The van der Waals surface area contributed by atoms with E-state index in [2.05, 4.69) is 4.99 Å². The summed E-state index contributed by atoms with van der Waals surface area (Å²) in [5.41, 5.74) is 0.619. The number of aliphatic imine (C=N–C) groups is 1. The molecule has 0 aromatic heterocycles. The Kier molecular flexibility index (Phi) is 6.73. The molecular weight excluding hydrogens is 436 g/mol. The third-order valence-electron chi connectivity index (χ3n) is 5.00. The van der Waals surface area contributed by atoms with Crippen molar-refractivity contribution in [2.75, 3.05) is 6.61 Å². The zero-order valence-corrected chi connectivity index (χ0v) is 18.5. The number of carbonyl (C=O) groups is 1. The number of nitrogens with zero attached hydrogens (tertiary/aromatic N) is 2. The largest absolute Gasteiger partial charge is 0.463 e. The highest BCUT2D eigenvalue weighted by atomic mass is 32.2. The molecule has 0 saturated heterocycles. The Hall–Kier alpha value is -3.53. The van der Waals surface area contributed by atoms with Crippen molar-refractivity contribution in [2.45, 2.75) is 37.6 Å². The third kappa shape index (κ3) is 4.54. The highest BCUT2D eigenvalue weighted by Gasteiger charge is 2.46. The van der Waals surface area contributed by atoms with Gasteiger partial charge in [-0.25, -0.2) is 4.79 Å². The van der Waals surface area contributed by atoms with Crippen LogP contribution in [0.1, 0.15) is 32.3 Å². The van der Waals surface area contributed by atoms with Gasteiger partial charge in [-0.2, -0.15) is 8.42 Å². The zero-order valence-electron chi connectivity index (χ0n) is 17.7. The van der Waals surface area contributed by atoms with E-state index in [1.807, 2.05) is 0 Å². The highest BCUT2D eigenvalue weighted by Crippen LogP contribution is 2.41. The van der Waals surface area contributed by atoms with E-state index in [9.17, 15) is 23.3 Å². The van der Waals surface area contributed by atoms with E-state index in [1.165, 1.54) is 31.2 Å². The molecule has 1 aliphatic rings. The molecule has 0 spiro atoms. The number of nitro groups is 1. The van der Waals surface area contributed by atoms with Crippen LogP contribution in [0.15, 0.2) is 75.8 Å². The number of carbonyl (C=O) groups excluding carboxylic acids is 1. The molecule has 0 amide bonds. The average Bonchev–Trinajstić information content (AvgIpc) is 2.73. The second-order valence-electron chi connectivity index (χ2n) is 7.07. The van der Waals surface area contributed by atoms with Crippen molar-refractivity contribution in [1.82, 2.24) is 0 Å². The van der Waals surface area contributed by atoms with Gasteiger partial charge in [-0.15, -0.1) is 0 Å². The first kappa shape index (κ1) is 23.1. The Balaban J connectivity index is 2.17. The minimum absolute atomic E-state index is 0.00712. The van der Waals surface area contributed by atoms with Gasteiger partial charge in [0.25, 0.3) is 6.04 Å². The van der Waals surface area contributed by atoms with Crippen molar-refractivity contribution in [3.05, 3.63) is 81.5 Å². The minimum Gasteiger partial charge on any atom is -0.463 e. The molecule has 2 atom stereocenters. The van der Waals surface area contributed by atoms with Gasteiger partial charge in [0.15, 0.2) is 0 Å². The molecule has 0 saturated carbocycles. The van der Waals surface area contributed by atoms with Crippen LogP contribution in [0, 0.1) is 10.1 Å². The average molecular weight is 458 g/mol. The summed E-state index contributed by atoms with van der Waals surface area (Å²) in [5, 5.41) is 12.0. The molecule has 0 radical (unpaired) electrons. The summed E-state index contributed by atoms with van der Waals surface area (Å²) in [4.78, 5) is 28.3. The van der Waals surface area contributed by atoms with E-state index in [4.69, 9.17) is 8.92 Å². The van der Waals surface area contributed by atoms with Crippen molar-refractivity contribution in [3.8, 4) is 5.75 Å². The molecule has 32 heavy (non-hydrogen) atoms. The molecule has 1 aliphatic heterocycles. The Morgan fingerprint density at radius 2 is 1.72 bits per heavy atom. The van der Waals surface area contributed by atoms with Crippen molar-refractivity contribution in [2.24, 2.45) is 4.99 Å². The van der Waals surface area contributed by atoms with Gasteiger partial charge in [-0.1, -0.05) is 36.4 Å². The van der Waals surface area contributed by atoms with Crippen LogP contribution in [0.25, 0.3) is 0 Å². The Labute approximate surface area is 185 Å². The Morgan fingerprint density at radius 3 is 2.34 bits per heavy atom. The van der Waals surface area contributed by atoms with E-state index in [1.54, 1.807) is 44.2 Å². The van der Waals surface area contributed by atoms with E-state index in [-0.39, 0.29) is 39.8 Å². The lowest BCUT2D eigenvalue weighted by molar-refractivity contribution is -0.505. The molecule has 0 N–H and O–H groups in total. The van der Waals surface area contributed by atoms with Crippen LogP contribution in [0.2, 0.25) is 0 Å². The second-order valence-corrected chi connectivity index (χ2v) is 8.62. The zero-order chi connectivity index (χ0) is 23.5. The maximum Gasteiger partial charge on any atom is 0.339 e. The van der Waals surface area contributed by atoms with Crippen molar-refractivity contribution >= 4 is 21.8 Å². The van der Waals surface area contributed by atoms with Gasteiger partial charge in [-0.3, -0.25) is 15.1 Å². The quantitative estimate of drug-likeness (QED) is 0.269. The standard InChI is InChI=1S/C22H22N2O7S/c1-4-30-22(25)19-14(2)23-15(3)21(24(26)27)20(19)17-12-8-9-13-18(17)31-32(28,29)16-10-6-5-7-11-16/h5-13,20-21H,4H2,1-3H3. The van der Waals surface area contributed by atoms with Gasteiger partial charge in [0, 0.05) is 16.2 Å². The number of benzene rings is 2. The number of ether oxygens (including phenoxy) is 1. The molecule has 3 rings (SSSR count). The molecule has 9 nitrogen and oxygen atoms in total. The van der Waals surface area contributed by atoms with Crippen LogP contribution in [-0.2, 0) is 19.6 Å². The number of hydrogen-bond donors (Lipinski definition) is 0. The summed E-state index contributed by atoms with van der Waals surface area (Å²) in [6, 6.07) is 12.2. The normalized spacial score (nSPS) is 18.7. The molecule has 168 valence electrons. The lowest BCUT2D eigenvalue weighted by Crippen LogP contribution is -2.40. The van der Waals surface area contributed by atoms with Crippen LogP contribution < -0.4 is 4.18 Å². The lowest BCUT2D eigenvalue weighted by Gasteiger charge is -2.28. The molecule has 10 heteroatoms. The first-order chi connectivity index (χ1) is 15.2. The topological polar surface area (TPSA) is 125 Å². The first-order valence-corrected chi connectivity index (χ1v) is 11.2. The summed E-state index contributed by atoms with van der Waals surface area (Å²) in [6.07, 6.45) is 0. The van der Waals surface area contributed by atoms with Gasteiger partial charge in [0.1, 0.15) is 10.6 Å². The summed E-state index contributed by atoms with van der Waals surface area (Å²) in [5.74, 6) is -2.01. The summed E-state index contributed by atoms with van der Waals surface area (Å²) < 4.78 is 36.2. The maximum atomic E-state index is 12.8. The molecule has 2 unspecified atom stereocenters. The number of esters is 1. The van der Waals surface area contributed by atoms with Gasteiger partial charge in [0.05, 0.1) is 23.8 Å². The van der Waals surface area contributed by atoms with Crippen LogP contribution in [0.4, 0.5) is 0 Å². The highest BCUT2D eigenvalue weighted by molar-refractivity contribution is 7.87. The monoisotopic (exact) mass is 458 g/mol. The molecule has 0 bridgehead atoms. The molecule has 2 aromatic carbocycles. The van der Waals surface area contributed by atoms with Crippen LogP contribution in [0.5, 0.6) is 5.75 Å². The van der Waals surface area contributed by atoms with E-state index in [0.717, 1.165) is 0 Å². The van der Waals surface area contributed by atoms with Crippen molar-refractivity contribution < 1.29 is 27.1 Å². The third-order valence-corrected chi connectivity index (χ3v) is 6.25. The van der Waals surface area contributed by atoms with Crippen LogP contribution >= 0.6 is 0 Å². The maximum absolute atomic E-state index is 12.8. The number of rotatable bonds is 7. The Morgan fingerprint density at radius 1 is 1.09 bits per heavy atom. The van der Waals surface area contributed by atoms with Crippen LogP contribution in [0.3, 0.4) is 0 Å². The fraction of sp³-hybridized carbons (Fsp3) is 0.273. The van der Waals surface area contributed by atoms with Gasteiger partial charge in [-0.05, 0) is 39.0 Å². The van der Waals surface area contributed by atoms with Crippen molar-refractivity contribution in [3.63, 3.8) is 0 Å². The molecule has 0 fully saturated rings. The number of hydrogen-bond acceptors (Lipinski definition) is 8. The molecular formula is C22H22N2O7S. The minimum atomic E-state index is -4.22. The summed E-state index contributed by atoms with van der Waals surface area (Å²) >= 11 is 0. The van der Waals surface area contributed by atoms with Gasteiger partial charge in [0.2, 0.25) is 0 Å². The summed E-state index contributed by atoms with van der Waals surface area (Å²) in [6.45, 7) is 4.74. The predicted octanol–water partition coefficient (Wildman–Crippen LogP) is 3.49. The van der Waals surface area contributed by atoms with Gasteiger partial charge < -0.3 is 8.92 Å². The predicted molar refractivity (Wildman–Crippen MR) is 117 cm³/mol. The van der Waals surface area contributed by atoms with E-state index in [0.29, 0.717) is 0 Å². The lowest BCUT2D eigenvalue weighted by atomic mass is 9.80. The second kappa shape index (κ2) is 9.31. The first-order valence-electron chi connectivity index (χ1n) is 9.82. The molecule has 2 aromatic rings. The van der Waals surface area contributed by atoms with E-state index < -0.39 is 33.0 Å². The van der Waals surface area contributed by atoms with Crippen molar-refractivity contribution in [1.29, 1.82) is 0 Å². The van der Waals surface area contributed by atoms with E-state index >= 15 is 0 Å². The SMILES string of the molecule is CCOC(=O)C1=C(C)N=C(C)C([N+](=O)[O-])C1c1ccccc1OS(=O)(=O)c1ccccc1. The molecule has 0 aliphatic carbocycles. The van der Waals surface area contributed by atoms with Gasteiger partial charge >= 0.3 is 16.1 Å². The fourth-order valence-electron chi connectivity index (χ4n) is 3.67. The number of allylic oxidation sites excluding steroid dienone is 1. The number of para-hydroxylation sites is 1. The van der Waals surface area contributed by atoms with Crippen LogP contribution in [-0.4, -0.2) is 37.7 Å². The smallest absolute Gasteiger partial charge is 0.339 e. The fourth-order valence-corrected chi connectivity index (χ4v) is 4.64. The Bertz CT molecular complexity index is 1200. The summed E-state index contributed by atoms with van der Waals surface area (Å²) in [7, 11) is -4.22. The molecule has 1 heterocycles.